The van der Waals surface area contributed by atoms with E-state index in [0.29, 0.717) is 5.69 Å². The summed E-state index contributed by atoms with van der Waals surface area (Å²) >= 11 is 3.02. The van der Waals surface area contributed by atoms with Gasteiger partial charge in [0.2, 0.25) is 0 Å². The molecule has 84 valence electrons. The topological polar surface area (TPSA) is 52.1 Å². The number of methoxy groups -OCH3 is 1. The van der Waals surface area contributed by atoms with E-state index in [1.165, 1.54) is 18.4 Å². The van der Waals surface area contributed by atoms with Crippen LogP contribution in [0.2, 0.25) is 0 Å². The fraction of sp³-hybridized carbons (Fsp3) is 0.300. The maximum atomic E-state index is 11.4. The molecule has 0 aliphatic heterocycles. The largest absolute Gasteiger partial charge is 0.464 e. The molecule has 0 saturated carbocycles. The highest BCUT2D eigenvalue weighted by molar-refractivity contribution is 7.15. The number of aromatic nitrogens is 2. The number of esters is 1. The number of carbonyl (C=O) groups excluding carboxylic acids is 1. The molecular weight excluding hydrogens is 244 g/mol. The second kappa shape index (κ2) is 4.31. The van der Waals surface area contributed by atoms with Gasteiger partial charge in [0.25, 0.3) is 0 Å². The highest BCUT2D eigenvalue weighted by atomic mass is 32.1. The Labute approximate surface area is 101 Å². The molecule has 0 aliphatic carbocycles. The Morgan fingerprint density at radius 3 is 2.69 bits per heavy atom. The number of hydrogen-bond acceptors (Lipinski definition) is 6. The monoisotopic (exact) mass is 254 g/mol. The van der Waals surface area contributed by atoms with Gasteiger partial charge in [-0.05, 0) is 13.8 Å². The molecule has 0 spiro atoms. The summed E-state index contributed by atoms with van der Waals surface area (Å²) in [7, 11) is 1.35. The number of nitrogens with zero attached hydrogens (tertiary/aromatic N) is 2. The first kappa shape index (κ1) is 11.2. The lowest BCUT2D eigenvalue weighted by atomic mass is 10.4. The summed E-state index contributed by atoms with van der Waals surface area (Å²) in [6, 6.07) is 0. The normalized spacial score (nSPS) is 10.4. The molecule has 0 amide bonds. The van der Waals surface area contributed by atoms with Crippen LogP contribution in [0.4, 0.5) is 0 Å². The molecular formula is C10H10N2O2S2. The van der Waals surface area contributed by atoms with E-state index < -0.39 is 5.97 Å². The van der Waals surface area contributed by atoms with Crippen molar-refractivity contribution in [2.24, 2.45) is 0 Å². The second-order valence-corrected chi connectivity index (χ2v) is 5.43. The number of aryl methyl sites for hydroxylation is 2. The van der Waals surface area contributed by atoms with Crippen molar-refractivity contribution >= 4 is 28.6 Å². The van der Waals surface area contributed by atoms with Crippen LogP contribution in [0.5, 0.6) is 0 Å². The van der Waals surface area contributed by atoms with Gasteiger partial charge in [0.05, 0.1) is 12.1 Å². The molecule has 2 heterocycles. The fourth-order valence-electron chi connectivity index (χ4n) is 1.25. The van der Waals surface area contributed by atoms with E-state index in [1.807, 2.05) is 19.2 Å². The van der Waals surface area contributed by atoms with Crippen LogP contribution in [0.3, 0.4) is 0 Å². The summed E-state index contributed by atoms with van der Waals surface area (Å²) in [6.07, 6.45) is 0. The summed E-state index contributed by atoms with van der Waals surface area (Å²) in [5.41, 5.74) is 1.21. The van der Waals surface area contributed by atoms with E-state index in [1.54, 1.807) is 11.3 Å². The Hall–Kier alpha value is -1.27. The zero-order chi connectivity index (χ0) is 11.7. The summed E-state index contributed by atoms with van der Waals surface area (Å²) in [6.45, 7) is 3.79. The predicted molar refractivity (Wildman–Crippen MR) is 64.0 cm³/mol. The van der Waals surface area contributed by atoms with Crippen molar-refractivity contribution < 1.29 is 9.53 Å². The number of carbonyl (C=O) groups is 1. The first-order valence-corrected chi connectivity index (χ1v) is 6.29. The zero-order valence-electron chi connectivity index (χ0n) is 9.10. The van der Waals surface area contributed by atoms with E-state index in [-0.39, 0.29) is 0 Å². The van der Waals surface area contributed by atoms with Crippen LogP contribution in [0, 0.1) is 13.8 Å². The van der Waals surface area contributed by atoms with Crippen LogP contribution in [-0.4, -0.2) is 23.0 Å². The highest BCUT2D eigenvalue weighted by Gasteiger charge is 2.17. The summed E-state index contributed by atoms with van der Waals surface area (Å²) in [5.74, 6) is -0.396. The van der Waals surface area contributed by atoms with Gasteiger partial charge in [0, 0.05) is 10.3 Å². The van der Waals surface area contributed by atoms with Crippen molar-refractivity contribution in [2.45, 2.75) is 13.8 Å². The number of rotatable bonds is 2. The Morgan fingerprint density at radius 2 is 2.12 bits per heavy atom. The van der Waals surface area contributed by atoms with Gasteiger partial charge in [-0.25, -0.2) is 14.8 Å². The van der Waals surface area contributed by atoms with Gasteiger partial charge in [-0.2, -0.15) is 0 Å². The Kier molecular flexibility index (Phi) is 3.02. The minimum absolute atomic E-state index is 0.383. The van der Waals surface area contributed by atoms with Crippen molar-refractivity contribution in [3.8, 4) is 10.7 Å². The SMILES string of the molecule is COC(=O)c1nc(-c2csc(C)n2)sc1C. The standard InChI is InChI=1S/C10H10N2O2S2/c1-5-8(10(13)14-3)12-9(16-5)7-4-15-6(2)11-7/h4H,1-3H3. The highest BCUT2D eigenvalue weighted by Crippen LogP contribution is 2.28. The maximum absolute atomic E-state index is 11.4. The first-order chi connectivity index (χ1) is 7.61. The molecule has 0 radical (unpaired) electrons. The van der Waals surface area contributed by atoms with Gasteiger partial charge in [-0.1, -0.05) is 0 Å². The third-order valence-electron chi connectivity index (χ3n) is 2.01. The van der Waals surface area contributed by atoms with Crippen LogP contribution in [-0.2, 0) is 4.74 Å². The molecule has 6 heteroatoms. The number of thiazole rings is 2. The Bertz CT molecular complexity index is 531. The maximum Gasteiger partial charge on any atom is 0.357 e. The summed E-state index contributed by atoms with van der Waals surface area (Å²) < 4.78 is 4.66. The van der Waals surface area contributed by atoms with E-state index in [4.69, 9.17) is 0 Å². The number of hydrogen-bond donors (Lipinski definition) is 0. The average molecular weight is 254 g/mol. The molecule has 0 aliphatic rings. The van der Waals surface area contributed by atoms with E-state index >= 15 is 0 Å². The van der Waals surface area contributed by atoms with Crippen LogP contribution in [0.25, 0.3) is 10.7 Å². The Morgan fingerprint density at radius 1 is 1.38 bits per heavy atom. The van der Waals surface area contributed by atoms with Crippen LogP contribution < -0.4 is 0 Å². The van der Waals surface area contributed by atoms with E-state index in [0.717, 1.165) is 20.6 Å². The van der Waals surface area contributed by atoms with Gasteiger partial charge in [0.15, 0.2) is 5.69 Å². The smallest absolute Gasteiger partial charge is 0.357 e. The molecule has 2 aromatic heterocycles. The van der Waals surface area contributed by atoms with E-state index in [2.05, 4.69) is 14.7 Å². The van der Waals surface area contributed by atoms with Crippen LogP contribution in [0.15, 0.2) is 5.38 Å². The molecule has 0 fully saturated rings. The van der Waals surface area contributed by atoms with Crippen molar-refractivity contribution in [1.29, 1.82) is 0 Å². The molecule has 4 nitrogen and oxygen atoms in total. The lowest BCUT2D eigenvalue weighted by Crippen LogP contribution is -2.03. The Balaban J connectivity index is 2.41. The molecule has 0 aromatic carbocycles. The molecule has 0 saturated heterocycles. The number of ether oxygens (including phenoxy) is 1. The molecule has 0 atom stereocenters. The van der Waals surface area contributed by atoms with Crippen molar-refractivity contribution in [1.82, 2.24) is 9.97 Å². The third kappa shape index (κ3) is 1.98. The van der Waals surface area contributed by atoms with Crippen molar-refractivity contribution in [3.63, 3.8) is 0 Å². The van der Waals surface area contributed by atoms with Gasteiger partial charge < -0.3 is 4.74 Å². The second-order valence-electron chi connectivity index (χ2n) is 3.17. The first-order valence-electron chi connectivity index (χ1n) is 4.60. The minimum Gasteiger partial charge on any atom is -0.464 e. The molecule has 2 rings (SSSR count). The molecule has 0 unspecified atom stereocenters. The molecule has 16 heavy (non-hydrogen) atoms. The van der Waals surface area contributed by atoms with Gasteiger partial charge >= 0.3 is 5.97 Å². The van der Waals surface area contributed by atoms with Gasteiger partial charge in [0.1, 0.15) is 10.7 Å². The lowest BCUT2D eigenvalue weighted by Gasteiger charge is -1.93. The van der Waals surface area contributed by atoms with Crippen LogP contribution in [0.1, 0.15) is 20.4 Å². The summed E-state index contributed by atoms with van der Waals surface area (Å²) in [5, 5.41) is 3.69. The van der Waals surface area contributed by atoms with Crippen molar-refractivity contribution in [3.05, 3.63) is 21.0 Å². The molecule has 0 N–H and O–H groups in total. The lowest BCUT2D eigenvalue weighted by molar-refractivity contribution is 0.0594. The minimum atomic E-state index is -0.396. The zero-order valence-corrected chi connectivity index (χ0v) is 10.7. The average Bonchev–Trinajstić information content (AvgIpc) is 2.83. The third-order valence-corrected chi connectivity index (χ3v) is 3.78. The fourth-order valence-corrected chi connectivity index (χ4v) is 2.79. The van der Waals surface area contributed by atoms with Crippen LogP contribution >= 0.6 is 22.7 Å². The van der Waals surface area contributed by atoms with Crippen molar-refractivity contribution in [2.75, 3.05) is 7.11 Å². The van der Waals surface area contributed by atoms with Gasteiger partial charge in [-0.3, -0.25) is 0 Å². The van der Waals surface area contributed by atoms with E-state index in [9.17, 15) is 4.79 Å². The predicted octanol–water partition coefficient (Wildman–Crippen LogP) is 2.67. The summed E-state index contributed by atoms with van der Waals surface area (Å²) in [4.78, 5) is 20.8. The molecule has 2 aromatic rings. The van der Waals surface area contributed by atoms with Gasteiger partial charge in [-0.15, -0.1) is 22.7 Å². The molecule has 0 bridgehead atoms. The quantitative estimate of drug-likeness (QED) is 0.773.